The number of hydrogen-bond donors (Lipinski definition) is 10. The van der Waals surface area contributed by atoms with Crippen molar-refractivity contribution in [2.45, 2.75) is 51.8 Å². The van der Waals surface area contributed by atoms with Gasteiger partial charge in [0.25, 0.3) is 0 Å². The number of amides is 1. The van der Waals surface area contributed by atoms with Crippen molar-refractivity contribution in [2.24, 2.45) is 0 Å². The number of rotatable bonds is 37. The molecule has 2 aromatic heterocycles. The van der Waals surface area contributed by atoms with Gasteiger partial charge < -0.3 is 124 Å². The summed E-state index contributed by atoms with van der Waals surface area (Å²) in [6.07, 6.45) is 13.0. The molecule has 0 saturated carbocycles. The molecule has 140 heavy (non-hydrogen) atoms. The van der Waals surface area contributed by atoms with Crippen molar-refractivity contribution in [1.29, 1.82) is 0 Å². The van der Waals surface area contributed by atoms with Gasteiger partial charge in [-0.1, -0.05) is 194 Å². The Balaban J connectivity index is 0.000000261. The lowest BCUT2D eigenvalue weighted by atomic mass is 9.90. The number of anilines is 7. The highest BCUT2D eigenvalue weighted by atomic mass is 79.9. The van der Waals surface area contributed by atoms with E-state index in [1.165, 1.54) is 39.7 Å². The number of hydrogen-bond acceptors (Lipinski definition) is 27. The van der Waals surface area contributed by atoms with E-state index in [1.807, 2.05) is 170 Å². The van der Waals surface area contributed by atoms with Crippen LogP contribution < -0.4 is 114 Å². The van der Waals surface area contributed by atoms with Crippen LogP contribution in [0.15, 0.2) is 275 Å². The van der Waals surface area contributed by atoms with Gasteiger partial charge in [0.05, 0.1) is 118 Å². The summed E-state index contributed by atoms with van der Waals surface area (Å²) in [7, 11) is 22.5. The third kappa shape index (κ3) is 38.4. The maximum absolute atomic E-state index is 12.5. The van der Waals surface area contributed by atoms with Crippen molar-refractivity contribution in [1.82, 2.24) is 0 Å². The Labute approximate surface area is 854 Å². The summed E-state index contributed by atoms with van der Waals surface area (Å²) in [5.74, 6) is 7.64. The first kappa shape index (κ1) is 115. The fourth-order valence-corrected chi connectivity index (χ4v) is 14.7. The fraction of sp³-hybridized carbons (Fsp3) is 0.215. The van der Waals surface area contributed by atoms with Crippen LogP contribution in [0.1, 0.15) is 64.8 Å². The lowest BCUT2D eigenvalue weighted by Gasteiger charge is -2.15. The number of carboxylic acids is 1. The average molecular weight is 2140 g/mol. The number of allylic oxidation sites excluding steroid dienone is 2. The van der Waals surface area contributed by atoms with Gasteiger partial charge >= 0.3 is 13.1 Å². The van der Waals surface area contributed by atoms with Gasteiger partial charge in [0.1, 0.15) is 0 Å². The summed E-state index contributed by atoms with van der Waals surface area (Å²) >= 11 is 13.1. The van der Waals surface area contributed by atoms with Gasteiger partial charge in [-0.3, -0.25) is 4.79 Å². The van der Waals surface area contributed by atoms with E-state index >= 15 is 0 Å². The number of nitrogens with two attached hydrogens (primary N) is 2. The van der Waals surface area contributed by atoms with Crippen molar-refractivity contribution in [2.75, 3.05) is 145 Å². The number of ether oxygens (including phenoxy) is 15. The smallest absolute Gasteiger partial charge is 0.493 e. The van der Waals surface area contributed by atoms with E-state index in [0.29, 0.717) is 128 Å². The zero-order chi connectivity index (χ0) is 102. The van der Waals surface area contributed by atoms with Gasteiger partial charge in [-0.2, -0.15) is 11.3 Å². The molecule has 0 fully saturated rings. The number of aliphatic carboxylic acids is 1. The monoisotopic (exact) mass is 2140 g/mol. The number of nitrogens with one attached hydrogen (secondary N) is 5. The molecule has 742 valence electrons. The Morgan fingerprint density at radius 2 is 0.693 bits per heavy atom. The van der Waals surface area contributed by atoms with Crippen LogP contribution in [0.2, 0.25) is 0 Å². The van der Waals surface area contributed by atoms with E-state index in [2.05, 4.69) is 142 Å². The van der Waals surface area contributed by atoms with E-state index in [1.54, 1.807) is 166 Å². The molecule has 1 amide bonds. The van der Waals surface area contributed by atoms with E-state index < -0.39 is 13.1 Å². The molecule has 0 atom stereocenters. The third-order valence-electron chi connectivity index (χ3n) is 19.7. The Morgan fingerprint density at radius 3 is 0.957 bits per heavy atom. The van der Waals surface area contributed by atoms with Crippen LogP contribution in [0, 0.1) is 0 Å². The predicted octanol–water partition coefficient (Wildman–Crippen LogP) is 23.8. The minimum Gasteiger partial charge on any atom is -0.493 e. The van der Waals surface area contributed by atoms with Gasteiger partial charge in [-0.25, -0.2) is 4.79 Å². The quantitative estimate of drug-likeness (QED) is 0.00568. The molecule has 13 rings (SSSR count). The molecule has 0 aliphatic carbocycles. The average Bonchev–Trinajstić information content (AvgIpc) is 0.891. The molecule has 0 aliphatic rings. The summed E-state index contributed by atoms with van der Waals surface area (Å²) in [5.41, 5.74) is 26.7. The van der Waals surface area contributed by atoms with Crippen molar-refractivity contribution in [3.8, 4) is 96.7 Å². The van der Waals surface area contributed by atoms with Crippen LogP contribution in [0.25, 0.3) is 28.7 Å². The van der Waals surface area contributed by atoms with Crippen LogP contribution in [-0.4, -0.2) is 141 Å². The van der Waals surface area contributed by atoms with Crippen molar-refractivity contribution in [3.63, 3.8) is 0 Å². The highest BCUT2D eigenvalue weighted by molar-refractivity contribution is 9.10. The lowest BCUT2D eigenvalue weighted by molar-refractivity contribution is -0.131. The standard InChI is InChI=1S/C29H29N3O4S.C19H21NO5.C19H23NO3.C16H18BrNO3.C9H13NO3.C7H6Br2.C4H5BO2S.C4H8/c1-34-25-16-22(17-26(35-2)29(25)36-3)31-18-20-8-6-19(7-9-20)10-13-28(33)32-24-15-21(11-12-23(24)30)27-5-4-14-37-27;1-23-16-10-15(11-17(24-2)19(16)25-3)20-12-14-6-4-13(5-7-14)8-9-18(21)22;1-5-6-14-7-9-15(10-8-14)13-20-16-11-17(21-2)19(23-4)18(12-16)22-3;1-19-14-8-13(9-15(20-2)16(14)21-3)18-10-11-4-6-12(17)7-5-11;1-11-7-4-6(10)5-8(12-2)9(7)13-3;8-5-6-1-3-7(9)4-2-6;6-5(7)4-2-1-3-8-4;1-3-4-2/h4-17,31H,18,30H2,1-3H3,(H,32,33);4-11,20H,12H2,1-3H3,(H,21,22);5-12,20H,13H2,1-4H3;4-9,18H,10H2,1-3H3;4-5H,10H2,1-3H3;1-4H,5H2;1-3,6-7H;3H,1,4H2,2H3/b13-10+;9-8+;6-5+;;;;;. The van der Waals surface area contributed by atoms with Crippen molar-refractivity contribution in [3.05, 3.63) is 320 Å². The number of carbonyl (C=O) groups excluding carboxylic acids is 1. The molecule has 0 aliphatic heterocycles. The summed E-state index contributed by atoms with van der Waals surface area (Å²) in [5, 5.41) is 46.6. The molecule has 0 radical (unpaired) electrons. The molecule has 0 spiro atoms. The summed E-state index contributed by atoms with van der Waals surface area (Å²) in [6.45, 7) is 10.2. The molecule has 11 aromatic carbocycles. The van der Waals surface area contributed by atoms with Crippen LogP contribution in [0.5, 0.6) is 86.2 Å². The Kier molecular flexibility index (Phi) is 52.0. The zero-order valence-corrected chi connectivity index (χ0v) is 87.9. The van der Waals surface area contributed by atoms with E-state index in [9.17, 15) is 9.59 Å². The topological polar surface area (TPSA) is 345 Å². The molecule has 13 aromatic rings. The van der Waals surface area contributed by atoms with Crippen LogP contribution in [0.4, 0.5) is 39.8 Å². The highest BCUT2D eigenvalue weighted by Crippen LogP contribution is 2.45. The second-order valence-corrected chi connectivity index (χ2v) is 33.3. The number of nitrogen functional groups attached to an aromatic ring is 2. The van der Waals surface area contributed by atoms with E-state index in [4.69, 9.17) is 97.7 Å². The van der Waals surface area contributed by atoms with Gasteiger partial charge in [0.15, 0.2) is 57.5 Å². The predicted molar refractivity (Wildman–Crippen MR) is 582 cm³/mol. The Bertz CT molecular complexity index is 5860. The maximum Gasteiger partial charge on any atom is 0.499 e. The lowest BCUT2D eigenvalue weighted by Crippen LogP contribution is -2.26. The van der Waals surface area contributed by atoms with Gasteiger partial charge in [-0.05, 0) is 129 Å². The number of carbonyl (C=O) groups is 2. The second-order valence-electron chi connectivity index (χ2n) is 29.0. The Hall–Kier alpha value is -14.1. The van der Waals surface area contributed by atoms with Crippen molar-refractivity contribution >= 4 is 152 Å². The molecule has 0 unspecified atom stereocenters. The first-order valence-electron chi connectivity index (χ1n) is 43.2. The van der Waals surface area contributed by atoms with Gasteiger partial charge in [0, 0.05) is 151 Å². The number of methoxy groups -OCH3 is 15. The van der Waals surface area contributed by atoms with Gasteiger partial charge in [0.2, 0.25) is 34.7 Å². The normalized spacial score (nSPS) is 10.2. The van der Waals surface area contributed by atoms with Crippen LogP contribution >= 0.6 is 70.5 Å². The first-order chi connectivity index (χ1) is 67.7. The molecular formula is C107H123BBr3N7O20S2. The number of thiophene rings is 2. The van der Waals surface area contributed by atoms with Gasteiger partial charge in [-0.15, -0.1) is 17.9 Å². The number of carboxylic acid groups (broad SMARTS) is 1. The van der Waals surface area contributed by atoms with E-state index in [-0.39, 0.29) is 5.91 Å². The number of alkyl halides is 1. The SMILES string of the molecule is BrCc1ccc(Br)cc1.C/C=C/c1ccc(CNc2cc(OC)c(OC)c(OC)c2)cc1.C=CCC.COc1cc(N)cc(OC)c1OC.COc1cc(NCc2ccc(/C=C/C(=O)Nc3cc(-c4cccs4)ccc3N)cc2)cc(OC)c1OC.COc1cc(NCc2ccc(/C=C/C(=O)O)cc2)cc(OC)c1OC.COc1cc(NCc2ccc(Br)cc2)cc(OC)c1OC.OB(O)c1cccs1. The van der Waals surface area contributed by atoms with Crippen LogP contribution in [0.3, 0.4) is 0 Å². The zero-order valence-electron chi connectivity index (χ0n) is 81.5. The molecule has 0 bridgehead atoms. The second kappa shape index (κ2) is 63.4. The third-order valence-corrected chi connectivity index (χ3v) is 23.2. The molecule has 0 saturated heterocycles. The molecule has 27 nitrogen and oxygen atoms in total. The van der Waals surface area contributed by atoms with Crippen LogP contribution in [-0.2, 0) is 41.1 Å². The minimum atomic E-state index is -1.30. The fourth-order valence-electron chi connectivity index (χ4n) is 12.5. The molecule has 2 heterocycles. The largest absolute Gasteiger partial charge is 0.499 e. The Morgan fingerprint density at radius 1 is 0.393 bits per heavy atom. The van der Waals surface area contributed by atoms with E-state index in [0.717, 1.165) is 88.8 Å². The molecular weight excluding hydrogens is 2020 g/mol. The molecule has 33 heteroatoms. The minimum absolute atomic E-state index is 0.247. The maximum atomic E-state index is 12.5. The van der Waals surface area contributed by atoms with Crippen molar-refractivity contribution < 1.29 is 95.8 Å². The number of benzene rings is 11. The summed E-state index contributed by atoms with van der Waals surface area (Å²) in [4.78, 5) is 24.2. The number of halogens is 3. The first-order valence-corrected chi connectivity index (χ1v) is 47.7. The molecule has 12 N–H and O–H groups in total. The summed E-state index contributed by atoms with van der Waals surface area (Å²) in [6, 6.07) is 71.8. The highest BCUT2D eigenvalue weighted by Gasteiger charge is 2.20. The summed E-state index contributed by atoms with van der Waals surface area (Å²) < 4.78 is 82.2.